The van der Waals surface area contributed by atoms with E-state index in [1.807, 2.05) is 0 Å². The van der Waals surface area contributed by atoms with Crippen molar-refractivity contribution in [1.29, 1.82) is 0 Å². The molecule has 0 bridgehead atoms. The number of nitrogens with one attached hydrogen (secondary N) is 1. The predicted molar refractivity (Wildman–Crippen MR) is 78.9 cm³/mol. The highest BCUT2D eigenvalue weighted by molar-refractivity contribution is 5.56. The van der Waals surface area contributed by atoms with Gasteiger partial charge in [-0.1, -0.05) is 12.1 Å². The highest BCUT2D eigenvalue weighted by Gasteiger charge is 2.19. The van der Waals surface area contributed by atoms with Crippen molar-refractivity contribution in [2.45, 2.75) is 32.2 Å². The normalized spacial score (nSPS) is 23.8. The second kappa shape index (κ2) is 5.93. The second-order valence-electron chi connectivity index (χ2n) is 5.73. The summed E-state index contributed by atoms with van der Waals surface area (Å²) < 4.78 is 5.47. The number of nitrogens with zero attached hydrogens (tertiary/aromatic N) is 1. The van der Waals surface area contributed by atoms with Gasteiger partial charge in [0.25, 0.3) is 0 Å². The molecule has 0 aromatic heterocycles. The first-order chi connectivity index (χ1) is 9.33. The molecule has 0 radical (unpaired) electrons. The van der Waals surface area contributed by atoms with Crippen molar-refractivity contribution in [1.82, 2.24) is 5.32 Å². The lowest BCUT2D eigenvalue weighted by molar-refractivity contribution is 0.122. The summed E-state index contributed by atoms with van der Waals surface area (Å²) in [6.45, 7) is 7.12. The van der Waals surface area contributed by atoms with Crippen LogP contribution in [0.4, 0.5) is 5.69 Å². The van der Waals surface area contributed by atoms with E-state index in [0.717, 1.165) is 32.7 Å². The highest BCUT2D eigenvalue weighted by atomic mass is 16.5. The molecule has 2 heterocycles. The number of ether oxygens (including phenoxy) is 1. The zero-order valence-electron chi connectivity index (χ0n) is 11.8. The van der Waals surface area contributed by atoms with Gasteiger partial charge in [0.15, 0.2) is 0 Å². The summed E-state index contributed by atoms with van der Waals surface area (Å²) >= 11 is 0. The molecule has 3 heteroatoms. The molecule has 3 nitrogen and oxygen atoms in total. The van der Waals surface area contributed by atoms with Gasteiger partial charge < -0.3 is 15.0 Å². The van der Waals surface area contributed by atoms with Gasteiger partial charge in [0, 0.05) is 24.8 Å². The van der Waals surface area contributed by atoms with Crippen molar-refractivity contribution in [3.63, 3.8) is 0 Å². The molecule has 0 amide bonds. The molecule has 1 unspecified atom stereocenters. The minimum absolute atomic E-state index is 0.669. The average molecular weight is 260 g/mol. The van der Waals surface area contributed by atoms with Crippen LogP contribution in [0.1, 0.15) is 24.0 Å². The first kappa shape index (κ1) is 12.9. The molecular weight excluding hydrogens is 236 g/mol. The molecule has 1 aromatic rings. The largest absolute Gasteiger partial charge is 0.378 e. The summed E-state index contributed by atoms with van der Waals surface area (Å²) in [5, 5.41) is 3.61. The molecule has 1 aromatic carbocycles. The Bertz CT molecular complexity index is 421. The topological polar surface area (TPSA) is 24.5 Å². The van der Waals surface area contributed by atoms with Crippen LogP contribution in [0.25, 0.3) is 0 Å². The van der Waals surface area contributed by atoms with E-state index in [2.05, 4.69) is 35.3 Å². The second-order valence-corrected chi connectivity index (χ2v) is 5.73. The van der Waals surface area contributed by atoms with Gasteiger partial charge in [-0.3, -0.25) is 0 Å². The van der Waals surface area contributed by atoms with E-state index in [0.29, 0.717) is 6.04 Å². The molecule has 104 valence electrons. The predicted octanol–water partition coefficient (Wildman–Crippen LogP) is 2.13. The number of morpholine rings is 1. The van der Waals surface area contributed by atoms with Crippen molar-refractivity contribution < 1.29 is 4.74 Å². The van der Waals surface area contributed by atoms with Crippen LogP contribution in [0.5, 0.6) is 0 Å². The van der Waals surface area contributed by atoms with Crippen molar-refractivity contribution in [2.24, 2.45) is 0 Å². The number of hydrogen-bond acceptors (Lipinski definition) is 3. The third-order valence-corrected chi connectivity index (χ3v) is 4.22. The molecule has 1 atom stereocenters. The van der Waals surface area contributed by atoms with Crippen LogP contribution in [0.2, 0.25) is 0 Å². The standard InChI is InChI=1S/C16H24N2O/c1-13-4-5-14(12-15-3-2-6-17-15)16(11-13)18-7-9-19-10-8-18/h4-5,11,15,17H,2-3,6-10,12H2,1H3. The Balaban J connectivity index is 1.80. The van der Waals surface area contributed by atoms with Crippen LogP contribution < -0.4 is 10.2 Å². The molecule has 0 aliphatic carbocycles. The highest BCUT2D eigenvalue weighted by Crippen LogP contribution is 2.26. The Morgan fingerprint density at radius 3 is 2.89 bits per heavy atom. The number of aryl methyl sites for hydroxylation is 1. The fourth-order valence-electron chi connectivity index (χ4n) is 3.14. The molecule has 2 aliphatic heterocycles. The summed E-state index contributed by atoms with van der Waals surface area (Å²) in [5.41, 5.74) is 4.27. The van der Waals surface area contributed by atoms with Crippen LogP contribution in [-0.2, 0) is 11.2 Å². The maximum absolute atomic E-state index is 5.47. The van der Waals surface area contributed by atoms with Gasteiger partial charge in [0.2, 0.25) is 0 Å². The van der Waals surface area contributed by atoms with Gasteiger partial charge in [-0.15, -0.1) is 0 Å². The summed E-state index contributed by atoms with van der Waals surface area (Å²) in [6.07, 6.45) is 3.80. The molecule has 19 heavy (non-hydrogen) atoms. The van der Waals surface area contributed by atoms with Crippen molar-refractivity contribution in [3.8, 4) is 0 Å². The number of benzene rings is 1. The summed E-state index contributed by atoms with van der Waals surface area (Å²) in [7, 11) is 0. The van der Waals surface area contributed by atoms with E-state index in [1.54, 1.807) is 0 Å². The average Bonchev–Trinajstić information content (AvgIpc) is 2.95. The van der Waals surface area contributed by atoms with E-state index in [-0.39, 0.29) is 0 Å². The smallest absolute Gasteiger partial charge is 0.0642 e. The SMILES string of the molecule is Cc1ccc(CC2CCCN2)c(N2CCOCC2)c1. The van der Waals surface area contributed by atoms with Crippen LogP contribution in [0.3, 0.4) is 0 Å². The van der Waals surface area contributed by atoms with Gasteiger partial charge in [0.05, 0.1) is 13.2 Å². The number of rotatable bonds is 3. The molecule has 1 N–H and O–H groups in total. The molecule has 2 saturated heterocycles. The van der Waals surface area contributed by atoms with Gasteiger partial charge >= 0.3 is 0 Å². The Kier molecular flexibility index (Phi) is 4.04. The van der Waals surface area contributed by atoms with Crippen molar-refractivity contribution in [2.75, 3.05) is 37.7 Å². The van der Waals surface area contributed by atoms with Crippen molar-refractivity contribution >= 4 is 5.69 Å². The maximum Gasteiger partial charge on any atom is 0.0642 e. The van der Waals surface area contributed by atoms with Crippen LogP contribution in [0, 0.1) is 6.92 Å². The molecule has 2 aliphatic rings. The van der Waals surface area contributed by atoms with Gasteiger partial charge in [-0.05, 0) is 49.9 Å². The summed E-state index contributed by atoms with van der Waals surface area (Å²) in [4.78, 5) is 2.49. The maximum atomic E-state index is 5.47. The Labute approximate surface area is 115 Å². The first-order valence-corrected chi connectivity index (χ1v) is 7.48. The van der Waals surface area contributed by atoms with Crippen LogP contribution >= 0.6 is 0 Å². The van der Waals surface area contributed by atoms with E-state index in [4.69, 9.17) is 4.74 Å². The third kappa shape index (κ3) is 3.10. The molecule has 3 rings (SSSR count). The molecular formula is C16H24N2O. The lowest BCUT2D eigenvalue weighted by Crippen LogP contribution is -2.37. The Morgan fingerprint density at radius 2 is 2.16 bits per heavy atom. The third-order valence-electron chi connectivity index (χ3n) is 4.22. The van der Waals surface area contributed by atoms with E-state index < -0.39 is 0 Å². The fourth-order valence-corrected chi connectivity index (χ4v) is 3.14. The monoisotopic (exact) mass is 260 g/mol. The van der Waals surface area contributed by atoms with Gasteiger partial charge in [-0.2, -0.15) is 0 Å². The Morgan fingerprint density at radius 1 is 1.32 bits per heavy atom. The molecule has 2 fully saturated rings. The summed E-state index contributed by atoms with van der Waals surface area (Å²) in [6, 6.07) is 7.58. The van der Waals surface area contributed by atoms with Crippen LogP contribution in [-0.4, -0.2) is 38.9 Å². The van der Waals surface area contributed by atoms with E-state index in [9.17, 15) is 0 Å². The van der Waals surface area contributed by atoms with E-state index >= 15 is 0 Å². The first-order valence-electron chi connectivity index (χ1n) is 7.48. The van der Waals surface area contributed by atoms with Crippen LogP contribution in [0.15, 0.2) is 18.2 Å². The fraction of sp³-hybridized carbons (Fsp3) is 0.625. The number of anilines is 1. The van der Waals surface area contributed by atoms with E-state index in [1.165, 1.54) is 36.2 Å². The molecule has 0 spiro atoms. The lowest BCUT2D eigenvalue weighted by atomic mass is 10.00. The minimum atomic E-state index is 0.669. The lowest BCUT2D eigenvalue weighted by Gasteiger charge is -2.31. The van der Waals surface area contributed by atoms with Gasteiger partial charge in [-0.25, -0.2) is 0 Å². The Hall–Kier alpha value is -1.06. The van der Waals surface area contributed by atoms with Gasteiger partial charge in [0.1, 0.15) is 0 Å². The molecule has 0 saturated carbocycles. The quantitative estimate of drug-likeness (QED) is 0.901. The minimum Gasteiger partial charge on any atom is -0.378 e. The summed E-state index contributed by atoms with van der Waals surface area (Å²) in [5.74, 6) is 0. The van der Waals surface area contributed by atoms with Crippen molar-refractivity contribution in [3.05, 3.63) is 29.3 Å². The zero-order chi connectivity index (χ0) is 13.1. The number of hydrogen-bond donors (Lipinski definition) is 1. The zero-order valence-corrected chi connectivity index (χ0v) is 11.8.